The van der Waals surface area contributed by atoms with E-state index in [1.165, 1.54) is 18.0 Å². The minimum absolute atomic E-state index is 0.0704. The second-order valence-electron chi connectivity index (χ2n) is 5.34. The summed E-state index contributed by atoms with van der Waals surface area (Å²) in [4.78, 5) is 24.2. The molecule has 0 unspecified atom stereocenters. The Morgan fingerprint density at radius 3 is 2.67 bits per heavy atom. The van der Waals surface area contributed by atoms with Crippen LogP contribution in [0.1, 0.15) is 29.6 Å². The second-order valence-corrected chi connectivity index (χ2v) is 5.34. The van der Waals surface area contributed by atoms with Gasteiger partial charge in [-0.1, -0.05) is 6.42 Å². The smallest absolute Gasteiger partial charge is 0.285 e. The lowest BCUT2D eigenvalue weighted by molar-refractivity contribution is -0.385. The summed E-state index contributed by atoms with van der Waals surface area (Å²) >= 11 is 0. The van der Waals surface area contributed by atoms with Gasteiger partial charge >= 0.3 is 0 Å². The summed E-state index contributed by atoms with van der Waals surface area (Å²) in [5.74, 6) is -0.741. The number of anilines is 1. The average Bonchev–Trinajstić information content (AvgIpc) is 2.41. The Bertz CT molecular complexity index is 573. The van der Waals surface area contributed by atoms with Crippen molar-refractivity contribution in [3.05, 3.63) is 33.6 Å². The fourth-order valence-electron chi connectivity index (χ4n) is 2.43. The van der Waals surface area contributed by atoms with E-state index in [0.717, 1.165) is 25.3 Å². The van der Waals surface area contributed by atoms with Gasteiger partial charge in [-0.05, 0) is 24.8 Å². The topological polar surface area (TPSA) is 75.5 Å². The van der Waals surface area contributed by atoms with Crippen molar-refractivity contribution in [3.63, 3.8) is 0 Å². The summed E-state index contributed by atoms with van der Waals surface area (Å²) in [6, 6.07) is 1.99. The van der Waals surface area contributed by atoms with Crippen LogP contribution in [-0.4, -0.2) is 36.4 Å². The molecule has 0 aromatic heterocycles. The standard InChI is InChI=1S/C14H18FN3O3/c1-16-12-6-10(13(18(20)21)7-11(12)15)14(19)17(2)8-9-4-3-5-9/h6-7,9,16H,3-5,8H2,1-2H3. The highest BCUT2D eigenvalue weighted by atomic mass is 19.1. The van der Waals surface area contributed by atoms with Crippen LogP contribution in [0.3, 0.4) is 0 Å². The number of nitro groups is 1. The van der Waals surface area contributed by atoms with Gasteiger partial charge in [-0.3, -0.25) is 14.9 Å². The Morgan fingerprint density at radius 1 is 1.52 bits per heavy atom. The molecular formula is C14H18FN3O3. The van der Waals surface area contributed by atoms with Gasteiger partial charge in [0.2, 0.25) is 0 Å². The molecule has 6 nitrogen and oxygen atoms in total. The molecular weight excluding hydrogens is 277 g/mol. The van der Waals surface area contributed by atoms with Gasteiger partial charge in [0.15, 0.2) is 5.82 Å². The van der Waals surface area contributed by atoms with Crippen molar-refractivity contribution < 1.29 is 14.1 Å². The number of benzene rings is 1. The van der Waals surface area contributed by atoms with E-state index in [4.69, 9.17) is 0 Å². The van der Waals surface area contributed by atoms with Crippen molar-refractivity contribution in [3.8, 4) is 0 Å². The van der Waals surface area contributed by atoms with Crippen LogP contribution in [0.5, 0.6) is 0 Å². The number of nitro benzene ring substituents is 1. The van der Waals surface area contributed by atoms with Gasteiger partial charge in [-0.2, -0.15) is 0 Å². The predicted octanol–water partition coefficient (Wildman–Crippen LogP) is 2.65. The molecule has 1 amide bonds. The van der Waals surface area contributed by atoms with Gasteiger partial charge in [0.1, 0.15) is 5.56 Å². The zero-order chi connectivity index (χ0) is 15.6. The number of nitrogens with one attached hydrogen (secondary N) is 1. The molecule has 0 heterocycles. The molecule has 1 aromatic carbocycles. The molecule has 1 aromatic rings. The molecule has 0 bridgehead atoms. The Hall–Kier alpha value is -2.18. The number of halogens is 1. The third kappa shape index (κ3) is 3.12. The van der Waals surface area contributed by atoms with Crippen molar-refractivity contribution >= 4 is 17.3 Å². The molecule has 21 heavy (non-hydrogen) atoms. The highest BCUT2D eigenvalue weighted by Crippen LogP contribution is 2.29. The van der Waals surface area contributed by atoms with Crippen LogP contribution in [0.25, 0.3) is 0 Å². The molecule has 1 aliphatic rings. The minimum Gasteiger partial charge on any atom is -0.386 e. The summed E-state index contributed by atoms with van der Waals surface area (Å²) in [6.07, 6.45) is 3.31. The van der Waals surface area contributed by atoms with Gasteiger partial charge in [-0.15, -0.1) is 0 Å². The Morgan fingerprint density at radius 2 is 2.19 bits per heavy atom. The first-order valence-corrected chi connectivity index (χ1v) is 6.85. The summed E-state index contributed by atoms with van der Waals surface area (Å²) in [5, 5.41) is 13.6. The molecule has 0 spiro atoms. The molecule has 1 fully saturated rings. The molecule has 0 aliphatic heterocycles. The maximum absolute atomic E-state index is 13.6. The van der Waals surface area contributed by atoms with Crippen LogP contribution in [0.2, 0.25) is 0 Å². The van der Waals surface area contributed by atoms with Crippen LogP contribution in [0.15, 0.2) is 12.1 Å². The molecule has 1 saturated carbocycles. The number of carbonyl (C=O) groups excluding carboxylic acids is 1. The fourth-order valence-corrected chi connectivity index (χ4v) is 2.43. The lowest BCUT2D eigenvalue weighted by Gasteiger charge is -2.30. The molecule has 114 valence electrons. The molecule has 1 aliphatic carbocycles. The van der Waals surface area contributed by atoms with Gasteiger partial charge in [0, 0.05) is 20.6 Å². The zero-order valence-electron chi connectivity index (χ0n) is 12.1. The Labute approximate surface area is 122 Å². The third-order valence-electron chi connectivity index (χ3n) is 3.89. The first kappa shape index (κ1) is 15.2. The number of amides is 1. The number of nitrogens with zero attached hydrogens (tertiary/aromatic N) is 2. The highest BCUT2D eigenvalue weighted by molar-refractivity contribution is 5.99. The monoisotopic (exact) mass is 295 g/mol. The zero-order valence-corrected chi connectivity index (χ0v) is 12.1. The van der Waals surface area contributed by atoms with E-state index in [1.807, 2.05) is 0 Å². The van der Waals surface area contributed by atoms with E-state index in [2.05, 4.69) is 5.32 Å². The first-order valence-electron chi connectivity index (χ1n) is 6.85. The second kappa shape index (κ2) is 6.07. The lowest BCUT2D eigenvalue weighted by atomic mass is 9.85. The number of hydrogen-bond acceptors (Lipinski definition) is 4. The third-order valence-corrected chi connectivity index (χ3v) is 3.89. The summed E-state index contributed by atoms with van der Waals surface area (Å²) < 4.78 is 13.6. The first-order chi connectivity index (χ1) is 9.93. The van der Waals surface area contributed by atoms with Crippen molar-refractivity contribution in [2.24, 2.45) is 5.92 Å². The van der Waals surface area contributed by atoms with Crippen molar-refractivity contribution in [2.45, 2.75) is 19.3 Å². The maximum Gasteiger partial charge on any atom is 0.285 e. The number of hydrogen-bond donors (Lipinski definition) is 1. The minimum atomic E-state index is -0.748. The summed E-state index contributed by atoms with van der Waals surface area (Å²) in [5.41, 5.74) is -0.523. The summed E-state index contributed by atoms with van der Waals surface area (Å²) in [7, 11) is 3.11. The normalized spacial score (nSPS) is 14.4. The lowest BCUT2D eigenvalue weighted by Crippen LogP contribution is -2.34. The Kier molecular flexibility index (Phi) is 4.40. The van der Waals surface area contributed by atoms with E-state index < -0.39 is 22.3 Å². The predicted molar refractivity (Wildman–Crippen MR) is 76.9 cm³/mol. The van der Waals surface area contributed by atoms with E-state index >= 15 is 0 Å². The van der Waals surface area contributed by atoms with E-state index in [9.17, 15) is 19.3 Å². The van der Waals surface area contributed by atoms with Crippen LogP contribution in [-0.2, 0) is 0 Å². The van der Waals surface area contributed by atoms with Gasteiger partial charge < -0.3 is 10.2 Å². The molecule has 0 radical (unpaired) electrons. The largest absolute Gasteiger partial charge is 0.386 e. The average molecular weight is 295 g/mol. The maximum atomic E-state index is 13.6. The van der Waals surface area contributed by atoms with Crippen LogP contribution in [0.4, 0.5) is 15.8 Å². The SMILES string of the molecule is CNc1cc(C(=O)N(C)CC2CCC2)c([N+](=O)[O-])cc1F. The molecule has 0 saturated heterocycles. The number of carbonyl (C=O) groups is 1. The Balaban J connectivity index is 2.30. The van der Waals surface area contributed by atoms with E-state index in [0.29, 0.717) is 12.5 Å². The molecule has 2 rings (SSSR count). The van der Waals surface area contributed by atoms with Crippen LogP contribution < -0.4 is 5.32 Å². The highest BCUT2D eigenvalue weighted by Gasteiger charge is 2.28. The van der Waals surface area contributed by atoms with Crippen molar-refractivity contribution in [2.75, 3.05) is 26.0 Å². The van der Waals surface area contributed by atoms with E-state index in [-0.39, 0.29) is 11.3 Å². The number of rotatable bonds is 5. The van der Waals surface area contributed by atoms with Crippen LogP contribution >= 0.6 is 0 Å². The van der Waals surface area contributed by atoms with Gasteiger partial charge in [0.05, 0.1) is 16.7 Å². The van der Waals surface area contributed by atoms with Gasteiger partial charge in [0.25, 0.3) is 11.6 Å². The fraction of sp³-hybridized carbons (Fsp3) is 0.500. The van der Waals surface area contributed by atoms with Crippen molar-refractivity contribution in [1.29, 1.82) is 0 Å². The van der Waals surface area contributed by atoms with E-state index in [1.54, 1.807) is 7.05 Å². The van der Waals surface area contributed by atoms with Gasteiger partial charge in [-0.25, -0.2) is 4.39 Å². The molecule has 0 atom stereocenters. The van der Waals surface area contributed by atoms with Crippen LogP contribution in [0, 0.1) is 21.8 Å². The molecule has 7 heteroatoms. The van der Waals surface area contributed by atoms with Crippen molar-refractivity contribution in [1.82, 2.24) is 4.90 Å². The molecule has 1 N–H and O–H groups in total. The summed E-state index contributed by atoms with van der Waals surface area (Å²) in [6.45, 7) is 0.572. The quantitative estimate of drug-likeness (QED) is 0.669.